The third-order valence-corrected chi connectivity index (χ3v) is 6.80. The normalized spacial score (nSPS) is 30.9. The van der Waals surface area contributed by atoms with Crippen LogP contribution in [-0.4, -0.2) is 47.2 Å². The monoisotopic (exact) mass is 485 g/mol. The fraction of sp³-hybridized carbons (Fsp3) is 0.550. The van der Waals surface area contributed by atoms with Crippen LogP contribution in [0.15, 0.2) is 12.1 Å². The number of nitrogens with one attached hydrogen (secondary N) is 1. The Hall–Kier alpha value is -2.27. The molecule has 0 amide bonds. The maximum atomic E-state index is 15.1. The van der Waals surface area contributed by atoms with Gasteiger partial charge in [0.05, 0.1) is 28.1 Å². The molecule has 1 aromatic rings. The Morgan fingerprint density at radius 3 is 2.19 bits per heavy atom. The zero-order chi connectivity index (χ0) is 24.8. The van der Waals surface area contributed by atoms with Crippen molar-refractivity contribution < 1.29 is 46.5 Å². The van der Waals surface area contributed by atoms with Gasteiger partial charge in [-0.3, -0.25) is 9.59 Å². The maximum Gasteiger partial charge on any atom is 0.418 e. The molecular weight excluding hydrogens is 465 g/mol. The van der Waals surface area contributed by atoms with Crippen LogP contribution in [0.2, 0.25) is 5.02 Å². The second-order valence-corrected chi connectivity index (χ2v) is 8.62. The molecule has 0 spiro atoms. The maximum absolute atomic E-state index is 15.1. The summed E-state index contributed by atoms with van der Waals surface area (Å²) >= 11 is 5.73. The van der Waals surface area contributed by atoms with Gasteiger partial charge >= 0.3 is 18.1 Å². The van der Waals surface area contributed by atoms with E-state index >= 15 is 4.39 Å². The second kappa shape index (κ2) is 8.58. The van der Waals surface area contributed by atoms with Crippen LogP contribution in [0.5, 0.6) is 0 Å². The second-order valence-electron chi connectivity index (χ2n) is 8.22. The molecule has 1 saturated heterocycles. The number of hydrogen-bond acceptors (Lipinski definition) is 4. The molecule has 12 heteroatoms. The first-order valence-electron chi connectivity index (χ1n) is 9.42. The Bertz CT molecular complexity index is 940. The number of carboxylic acids is 2. The summed E-state index contributed by atoms with van der Waals surface area (Å²) in [5.74, 6) is -8.83. The molecule has 0 radical (unpaired) electrons. The number of halogens is 6. The highest BCUT2D eigenvalue weighted by atomic mass is 35.5. The minimum Gasteiger partial charge on any atom is -0.481 e. The van der Waals surface area contributed by atoms with E-state index in [0.29, 0.717) is 12.1 Å². The van der Waals surface area contributed by atoms with E-state index in [2.05, 4.69) is 5.32 Å². The number of aldehydes is 1. The highest BCUT2D eigenvalue weighted by molar-refractivity contribution is 6.31. The van der Waals surface area contributed by atoms with Gasteiger partial charge in [0.1, 0.15) is 24.2 Å². The molecule has 1 aliphatic rings. The van der Waals surface area contributed by atoms with E-state index in [9.17, 15) is 42.2 Å². The summed E-state index contributed by atoms with van der Waals surface area (Å²) in [6.45, 7) is 1.83. The lowest BCUT2D eigenvalue weighted by atomic mass is 9.48. The van der Waals surface area contributed by atoms with Crippen molar-refractivity contribution in [3.05, 3.63) is 34.1 Å². The van der Waals surface area contributed by atoms with Gasteiger partial charge < -0.3 is 20.3 Å². The van der Waals surface area contributed by atoms with Crippen molar-refractivity contribution in [2.45, 2.75) is 44.9 Å². The topological polar surface area (TPSA) is 104 Å². The molecule has 1 aromatic carbocycles. The molecule has 0 saturated carbocycles. The third kappa shape index (κ3) is 3.55. The molecule has 0 aliphatic carbocycles. The lowest BCUT2D eigenvalue weighted by molar-refractivity contribution is -0.179. The summed E-state index contributed by atoms with van der Waals surface area (Å²) in [6.07, 6.45) is -5.26. The van der Waals surface area contributed by atoms with Gasteiger partial charge in [0.15, 0.2) is 0 Å². The van der Waals surface area contributed by atoms with Crippen LogP contribution in [0.1, 0.15) is 37.8 Å². The minimum absolute atomic E-state index is 0.0565. The number of rotatable bonds is 6. The van der Waals surface area contributed by atoms with Crippen molar-refractivity contribution in [2.24, 2.45) is 16.7 Å². The van der Waals surface area contributed by atoms with Crippen LogP contribution in [0.4, 0.5) is 22.0 Å². The number of benzene rings is 1. The Kier molecular flexibility index (Phi) is 6.97. The first-order valence-corrected chi connectivity index (χ1v) is 9.80. The fourth-order valence-corrected chi connectivity index (χ4v) is 5.18. The van der Waals surface area contributed by atoms with Gasteiger partial charge in [0.2, 0.25) is 0 Å². The molecule has 1 fully saturated rings. The van der Waals surface area contributed by atoms with Crippen LogP contribution in [0, 0.1) is 22.6 Å². The van der Waals surface area contributed by atoms with E-state index in [1.54, 1.807) is 0 Å². The van der Waals surface area contributed by atoms with Crippen molar-refractivity contribution in [3.63, 3.8) is 0 Å². The van der Waals surface area contributed by atoms with Crippen LogP contribution in [-0.2, 0) is 20.6 Å². The van der Waals surface area contributed by atoms with Crippen molar-refractivity contribution in [1.29, 1.82) is 0 Å². The number of carbonyl (C=O) groups is 3. The lowest BCUT2D eigenvalue weighted by Crippen LogP contribution is -2.73. The summed E-state index contributed by atoms with van der Waals surface area (Å²) in [5, 5.41) is 21.5. The summed E-state index contributed by atoms with van der Waals surface area (Å²) in [6, 6.07) is -2.50. The molecule has 5 atom stereocenters. The van der Waals surface area contributed by atoms with Gasteiger partial charge in [0, 0.05) is 11.5 Å². The molecule has 32 heavy (non-hydrogen) atoms. The number of piperidine rings is 1. The largest absolute Gasteiger partial charge is 0.481 e. The molecule has 6 nitrogen and oxygen atoms in total. The van der Waals surface area contributed by atoms with Gasteiger partial charge in [-0.05, 0) is 25.0 Å². The predicted octanol–water partition coefficient (Wildman–Crippen LogP) is 3.91. The Labute approximate surface area is 184 Å². The Morgan fingerprint density at radius 1 is 1.25 bits per heavy atom. The van der Waals surface area contributed by atoms with E-state index in [1.165, 1.54) is 13.8 Å². The van der Waals surface area contributed by atoms with Crippen molar-refractivity contribution in [1.82, 2.24) is 5.32 Å². The van der Waals surface area contributed by atoms with Crippen molar-refractivity contribution in [3.8, 4) is 0 Å². The first kappa shape index (κ1) is 26.0. The molecule has 3 N–H and O–H groups in total. The van der Waals surface area contributed by atoms with Gasteiger partial charge in [-0.15, -0.1) is 0 Å². The molecule has 1 aliphatic heterocycles. The van der Waals surface area contributed by atoms with Crippen LogP contribution >= 0.6 is 11.6 Å². The predicted molar refractivity (Wildman–Crippen MR) is 103 cm³/mol. The lowest BCUT2D eigenvalue weighted by Gasteiger charge is -2.57. The molecule has 2 rings (SSSR count). The quantitative estimate of drug-likeness (QED) is 0.417. The molecule has 1 heterocycles. The van der Waals surface area contributed by atoms with Crippen molar-refractivity contribution in [2.75, 3.05) is 6.67 Å². The Balaban J connectivity index is 3.21. The molecule has 178 valence electrons. The Morgan fingerprint density at radius 2 is 1.81 bits per heavy atom. The molecule has 0 aromatic heterocycles. The zero-order valence-electron chi connectivity index (χ0n) is 17.1. The smallest absolute Gasteiger partial charge is 0.418 e. The highest BCUT2D eigenvalue weighted by Gasteiger charge is 2.69. The van der Waals surface area contributed by atoms with Crippen molar-refractivity contribution >= 4 is 29.8 Å². The summed E-state index contributed by atoms with van der Waals surface area (Å²) in [7, 11) is 0. The van der Waals surface area contributed by atoms with Gasteiger partial charge in [-0.1, -0.05) is 25.4 Å². The molecule has 5 unspecified atom stereocenters. The fourth-order valence-electron chi connectivity index (χ4n) is 4.91. The molecule has 0 bridgehead atoms. The minimum atomic E-state index is -5.32. The number of carboxylic acid groups (broad SMARTS) is 2. The molecular formula is C20H21ClF5NO5. The highest BCUT2D eigenvalue weighted by Crippen LogP contribution is 2.60. The number of hydrogen-bond donors (Lipinski definition) is 3. The summed E-state index contributed by atoms with van der Waals surface area (Å²) < 4.78 is 71.1. The summed E-state index contributed by atoms with van der Waals surface area (Å²) in [5.41, 5.74) is -8.33. The van der Waals surface area contributed by atoms with Crippen LogP contribution < -0.4 is 5.32 Å². The van der Waals surface area contributed by atoms with Gasteiger partial charge in [-0.2, -0.15) is 13.2 Å². The first-order chi connectivity index (χ1) is 14.6. The van der Waals surface area contributed by atoms with E-state index in [0.717, 1.165) is 6.92 Å². The number of carbonyl (C=O) groups excluding carboxylic acids is 1. The third-order valence-electron chi connectivity index (χ3n) is 6.49. The van der Waals surface area contributed by atoms with E-state index in [1.807, 2.05) is 0 Å². The average Bonchev–Trinajstić information content (AvgIpc) is 2.67. The van der Waals surface area contributed by atoms with E-state index < -0.39 is 81.5 Å². The van der Waals surface area contributed by atoms with E-state index in [-0.39, 0.29) is 6.29 Å². The number of alkyl halides is 4. The van der Waals surface area contributed by atoms with Gasteiger partial charge in [-0.25, -0.2) is 8.78 Å². The van der Waals surface area contributed by atoms with Gasteiger partial charge in [0.25, 0.3) is 0 Å². The van der Waals surface area contributed by atoms with E-state index in [4.69, 9.17) is 11.6 Å². The standard InChI is InChI=1S/C20H21ClF5NO5/c1-8(2)19(17(31)32)12(7-28)27-11(6-22)18(3,16(29)30)15(19)13-10(23)5-4-9(21)14(13)20(24,25)26/h4-5,7-8,11-12,15,27H,6H2,1-3H3,(H,29,30)(H,31,32). The SMILES string of the molecule is CC(C)C1(C(=O)O)C(C=O)NC(CF)C(C)(C(=O)O)C1c1c(F)ccc(Cl)c1C(F)(F)F. The summed E-state index contributed by atoms with van der Waals surface area (Å²) in [4.78, 5) is 36.9. The average molecular weight is 486 g/mol. The zero-order valence-corrected chi connectivity index (χ0v) is 17.9. The number of aliphatic carboxylic acids is 2. The van der Waals surface area contributed by atoms with Crippen LogP contribution in [0.3, 0.4) is 0 Å². The van der Waals surface area contributed by atoms with Crippen LogP contribution in [0.25, 0.3) is 0 Å².